The smallest absolute Gasteiger partial charge is 0.337 e. The normalized spacial score (nSPS) is 10.9. The van der Waals surface area contributed by atoms with Crippen LogP contribution in [0.5, 0.6) is 0 Å². The first-order valence-electron chi connectivity index (χ1n) is 9.58. The van der Waals surface area contributed by atoms with Crippen molar-refractivity contribution in [2.45, 2.75) is 13.8 Å². The molecule has 0 aliphatic carbocycles. The van der Waals surface area contributed by atoms with Gasteiger partial charge in [0.25, 0.3) is 0 Å². The van der Waals surface area contributed by atoms with Gasteiger partial charge in [-0.2, -0.15) is 5.26 Å². The second kappa shape index (κ2) is 9.90. The quantitative estimate of drug-likeness (QED) is 0.420. The van der Waals surface area contributed by atoms with Gasteiger partial charge in [0.2, 0.25) is 0 Å². The summed E-state index contributed by atoms with van der Waals surface area (Å²) < 4.78 is 9.49. The Kier molecular flexibility index (Phi) is 7.03. The number of nitrogens with one attached hydrogen (secondary N) is 1. The van der Waals surface area contributed by atoms with Crippen LogP contribution in [0.2, 0.25) is 0 Å². The van der Waals surface area contributed by atoms with Crippen molar-refractivity contribution in [3.05, 3.63) is 75.2 Å². The van der Waals surface area contributed by atoms with Gasteiger partial charge in [-0.25, -0.2) is 14.6 Å². The molecule has 1 N–H and O–H groups in total. The molecule has 0 spiro atoms. The number of aryl methyl sites for hydroxylation is 2. The van der Waals surface area contributed by atoms with Gasteiger partial charge < -0.3 is 14.8 Å². The highest BCUT2D eigenvalue weighted by Crippen LogP contribution is 2.29. The second-order valence-corrected chi connectivity index (χ2v) is 7.81. The summed E-state index contributed by atoms with van der Waals surface area (Å²) in [6.45, 7) is 4.06. The molecule has 0 atom stereocenters. The van der Waals surface area contributed by atoms with Crippen molar-refractivity contribution in [3.63, 3.8) is 0 Å². The van der Waals surface area contributed by atoms with Crippen LogP contribution >= 0.6 is 11.3 Å². The molecule has 0 saturated carbocycles. The number of ether oxygens (including phenoxy) is 2. The number of carbonyl (C=O) groups excluding carboxylic acids is 2. The first-order valence-corrected chi connectivity index (χ1v) is 10.5. The average molecular weight is 448 g/mol. The van der Waals surface area contributed by atoms with Crippen LogP contribution in [0.4, 0.5) is 5.69 Å². The molecular weight excluding hydrogens is 426 g/mol. The van der Waals surface area contributed by atoms with Crippen molar-refractivity contribution in [3.8, 4) is 17.3 Å². The Bertz CT molecular complexity index is 1220. The molecule has 0 saturated heterocycles. The van der Waals surface area contributed by atoms with Gasteiger partial charge in [-0.3, -0.25) is 0 Å². The lowest BCUT2D eigenvalue weighted by Gasteiger charge is -2.08. The molecule has 2 aromatic carbocycles. The third-order valence-corrected chi connectivity index (χ3v) is 5.55. The molecule has 0 radical (unpaired) electrons. The van der Waals surface area contributed by atoms with Crippen molar-refractivity contribution >= 4 is 34.5 Å². The number of carbonyl (C=O) groups is 2. The molecule has 0 unspecified atom stereocenters. The lowest BCUT2D eigenvalue weighted by Crippen LogP contribution is -2.07. The standard InChI is InChI=1S/C24H21N3O4S/c1-14-5-6-20(15(2)7-14)21-13-32-22(27-21)18(11-25)12-26-19-9-16(23(28)30-3)8-17(10-19)24(29)31-4/h5-10,12-13,26H,1-4H3. The van der Waals surface area contributed by atoms with Gasteiger partial charge in [-0.15, -0.1) is 11.3 Å². The Hall–Kier alpha value is -3.96. The van der Waals surface area contributed by atoms with Crippen molar-refractivity contribution in [1.82, 2.24) is 4.98 Å². The number of nitrogens with zero attached hydrogens (tertiary/aromatic N) is 2. The minimum absolute atomic E-state index is 0.177. The van der Waals surface area contributed by atoms with E-state index in [2.05, 4.69) is 22.4 Å². The fourth-order valence-electron chi connectivity index (χ4n) is 3.10. The highest BCUT2D eigenvalue weighted by molar-refractivity contribution is 7.11. The zero-order valence-corrected chi connectivity index (χ0v) is 18.9. The van der Waals surface area contributed by atoms with Gasteiger partial charge in [0, 0.05) is 22.8 Å². The molecule has 0 fully saturated rings. The topological polar surface area (TPSA) is 101 Å². The minimum Gasteiger partial charge on any atom is -0.465 e. The molecule has 0 aliphatic rings. The molecule has 7 nitrogen and oxygen atoms in total. The van der Waals surface area contributed by atoms with E-state index in [1.54, 1.807) is 0 Å². The van der Waals surface area contributed by atoms with Crippen LogP contribution in [0, 0.1) is 25.2 Å². The van der Waals surface area contributed by atoms with Gasteiger partial charge in [0.15, 0.2) is 0 Å². The number of hydrogen-bond donors (Lipinski definition) is 1. The summed E-state index contributed by atoms with van der Waals surface area (Å²) in [6, 6.07) is 12.7. The summed E-state index contributed by atoms with van der Waals surface area (Å²) in [5, 5.41) is 15.1. The Labute approximate surface area is 189 Å². The van der Waals surface area contributed by atoms with Crippen molar-refractivity contribution in [2.24, 2.45) is 0 Å². The molecule has 0 bridgehead atoms. The van der Waals surface area contributed by atoms with E-state index in [1.165, 1.54) is 55.5 Å². The fraction of sp³-hybridized carbons (Fsp3) is 0.167. The summed E-state index contributed by atoms with van der Waals surface area (Å²) in [6.07, 6.45) is 1.49. The molecule has 1 aromatic heterocycles. The van der Waals surface area contributed by atoms with Gasteiger partial charge in [-0.1, -0.05) is 23.8 Å². The minimum atomic E-state index is -0.596. The van der Waals surface area contributed by atoms with Crippen molar-refractivity contribution < 1.29 is 19.1 Å². The molecule has 0 amide bonds. The van der Waals surface area contributed by atoms with Crippen LogP contribution in [-0.4, -0.2) is 31.1 Å². The summed E-state index contributed by atoms with van der Waals surface area (Å²) >= 11 is 1.36. The highest BCUT2D eigenvalue weighted by atomic mass is 32.1. The molecule has 0 aliphatic heterocycles. The number of nitriles is 1. The fourth-order valence-corrected chi connectivity index (χ4v) is 3.89. The van der Waals surface area contributed by atoms with Gasteiger partial charge in [-0.05, 0) is 37.6 Å². The Balaban J connectivity index is 1.91. The number of thiazole rings is 1. The van der Waals surface area contributed by atoms with Crippen LogP contribution < -0.4 is 5.32 Å². The predicted molar refractivity (Wildman–Crippen MR) is 123 cm³/mol. The van der Waals surface area contributed by atoms with Gasteiger partial charge in [0.1, 0.15) is 16.6 Å². The molecule has 3 rings (SSSR count). The van der Waals surface area contributed by atoms with E-state index in [0.717, 1.165) is 16.8 Å². The van der Waals surface area contributed by atoms with E-state index in [4.69, 9.17) is 9.47 Å². The lowest BCUT2D eigenvalue weighted by molar-refractivity contribution is 0.0599. The van der Waals surface area contributed by atoms with E-state index in [9.17, 15) is 14.9 Å². The van der Waals surface area contributed by atoms with Crippen LogP contribution in [0.15, 0.2) is 48.0 Å². The molecule has 3 aromatic rings. The van der Waals surface area contributed by atoms with Crippen LogP contribution in [0.25, 0.3) is 16.8 Å². The summed E-state index contributed by atoms with van der Waals surface area (Å²) in [4.78, 5) is 28.5. The number of allylic oxidation sites excluding steroid dienone is 1. The van der Waals surface area contributed by atoms with Crippen LogP contribution in [-0.2, 0) is 9.47 Å². The van der Waals surface area contributed by atoms with Crippen LogP contribution in [0.1, 0.15) is 36.9 Å². The zero-order valence-electron chi connectivity index (χ0n) is 18.1. The number of methoxy groups -OCH3 is 2. The van der Waals surface area contributed by atoms with E-state index in [0.29, 0.717) is 16.3 Å². The Morgan fingerprint density at radius 2 is 1.72 bits per heavy atom. The van der Waals surface area contributed by atoms with E-state index >= 15 is 0 Å². The molecule has 162 valence electrons. The summed E-state index contributed by atoms with van der Waals surface area (Å²) in [7, 11) is 2.51. The summed E-state index contributed by atoms with van der Waals surface area (Å²) in [5.74, 6) is -1.19. The number of aromatic nitrogens is 1. The monoisotopic (exact) mass is 447 g/mol. The number of esters is 2. The maximum Gasteiger partial charge on any atom is 0.337 e. The second-order valence-electron chi connectivity index (χ2n) is 6.95. The zero-order chi connectivity index (χ0) is 23.3. The molecule has 1 heterocycles. The number of benzene rings is 2. The average Bonchev–Trinajstić information content (AvgIpc) is 3.27. The number of hydrogen-bond acceptors (Lipinski definition) is 8. The number of anilines is 1. The van der Waals surface area contributed by atoms with Crippen LogP contribution in [0.3, 0.4) is 0 Å². The lowest BCUT2D eigenvalue weighted by atomic mass is 10.0. The maximum absolute atomic E-state index is 12.0. The third-order valence-electron chi connectivity index (χ3n) is 4.67. The van der Waals surface area contributed by atoms with Crippen molar-refractivity contribution in [2.75, 3.05) is 19.5 Å². The van der Waals surface area contributed by atoms with Gasteiger partial charge >= 0.3 is 11.9 Å². The van der Waals surface area contributed by atoms with Crippen molar-refractivity contribution in [1.29, 1.82) is 5.26 Å². The van der Waals surface area contributed by atoms with Gasteiger partial charge in [0.05, 0.1) is 31.0 Å². The van der Waals surface area contributed by atoms with E-state index in [1.807, 2.05) is 31.4 Å². The molecule has 8 heteroatoms. The first kappa shape index (κ1) is 22.7. The molecule has 32 heavy (non-hydrogen) atoms. The number of rotatable bonds is 6. The Morgan fingerprint density at radius 3 is 2.28 bits per heavy atom. The van der Waals surface area contributed by atoms with E-state index in [-0.39, 0.29) is 11.1 Å². The maximum atomic E-state index is 12.0. The summed E-state index contributed by atoms with van der Waals surface area (Å²) in [5.41, 5.74) is 5.18. The Morgan fingerprint density at radius 1 is 1.06 bits per heavy atom. The van der Waals surface area contributed by atoms with E-state index < -0.39 is 11.9 Å². The first-order chi connectivity index (χ1) is 15.4. The predicted octanol–water partition coefficient (Wildman–Crippen LogP) is 4.98. The molecular formula is C24H21N3O4S. The third kappa shape index (κ3) is 5.02. The largest absolute Gasteiger partial charge is 0.465 e. The highest BCUT2D eigenvalue weighted by Gasteiger charge is 2.14. The SMILES string of the molecule is COC(=O)c1cc(NC=C(C#N)c2nc(-c3ccc(C)cc3C)cs2)cc(C(=O)OC)c1.